The summed E-state index contributed by atoms with van der Waals surface area (Å²) < 4.78 is 27.7. The van der Waals surface area contributed by atoms with Gasteiger partial charge in [0.2, 0.25) is 15.9 Å². The third kappa shape index (κ3) is 4.56. The largest absolute Gasteiger partial charge is 0.356 e. The molecule has 8 nitrogen and oxygen atoms in total. The molecule has 1 aliphatic carbocycles. The number of aromatic amines is 1. The van der Waals surface area contributed by atoms with Gasteiger partial charge in [-0.1, -0.05) is 19.3 Å². The highest BCUT2D eigenvalue weighted by Crippen LogP contribution is 2.26. The van der Waals surface area contributed by atoms with Gasteiger partial charge in [-0.05, 0) is 44.6 Å². The molecule has 2 amide bonds. The van der Waals surface area contributed by atoms with Gasteiger partial charge in [0.25, 0.3) is 5.91 Å². The highest BCUT2D eigenvalue weighted by Gasteiger charge is 2.35. The molecule has 2 aliphatic heterocycles. The summed E-state index contributed by atoms with van der Waals surface area (Å²) in [5, 5.41) is 3.13. The molecule has 4 rings (SSSR count). The summed E-state index contributed by atoms with van der Waals surface area (Å²) in [7, 11) is -3.75. The van der Waals surface area contributed by atoms with Gasteiger partial charge in [-0.3, -0.25) is 9.59 Å². The van der Waals surface area contributed by atoms with E-state index < -0.39 is 10.0 Å². The monoisotopic (exact) mass is 436 g/mol. The lowest BCUT2D eigenvalue weighted by atomic mass is 9.93. The molecule has 30 heavy (non-hydrogen) atoms. The predicted molar refractivity (Wildman–Crippen MR) is 112 cm³/mol. The number of H-pyrrole nitrogens is 1. The maximum atomic E-state index is 13.2. The number of nitrogens with zero attached hydrogens (tertiary/aromatic N) is 2. The van der Waals surface area contributed by atoms with E-state index in [4.69, 9.17) is 0 Å². The summed E-state index contributed by atoms with van der Waals surface area (Å²) in [6, 6.07) is 1.66. The molecule has 1 aromatic heterocycles. The Kier molecular flexibility index (Phi) is 6.48. The molecule has 3 aliphatic rings. The smallest absolute Gasteiger partial charge is 0.270 e. The van der Waals surface area contributed by atoms with E-state index >= 15 is 0 Å². The number of nitrogens with one attached hydrogen (secondary N) is 2. The van der Waals surface area contributed by atoms with Crippen LogP contribution in [-0.4, -0.2) is 66.6 Å². The second kappa shape index (κ2) is 9.09. The molecule has 1 atom stereocenters. The highest BCUT2D eigenvalue weighted by atomic mass is 32.2. The Hall–Kier alpha value is -1.87. The molecule has 0 spiro atoms. The fraction of sp³-hybridized carbons (Fsp3) is 0.714. The van der Waals surface area contributed by atoms with Crippen LogP contribution in [0.15, 0.2) is 17.2 Å². The Bertz CT molecular complexity index is 869. The van der Waals surface area contributed by atoms with Crippen LogP contribution < -0.4 is 5.32 Å². The van der Waals surface area contributed by atoms with Crippen LogP contribution in [0, 0.1) is 5.92 Å². The number of piperidine rings is 1. The van der Waals surface area contributed by atoms with Crippen LogP contribution in [0.25, 0.3) is 0 Å². The van der Waals surface area contributed by atoms with Crippen LogP contribution in [0.5, 0.6) is 0 Å². The number of carbonyl (C=O) groups excluding carboxylic acids is 2. The lowest BCUT2D eigenvalue weighted by Crippen LogP contribution is -2.47. The molecule has 3 fully saturated rings. The third-order valence-corrected chi connectivity index (χ3v) is 8.47. The summed E-state index contributed by atoms with van der Waals surface area (Å²) >= 11 is 0. The van der Waals surface area contributed by atoms with Gasteiger partial charge in [-0.25, -0.2) is 8.42 Å². The van der Waals surface area contributed by atoms with Gasteiger partial charge < -0.3 is 15.2 Å². The Morgan fingerprint density at radius 2 is 1.70 bits per heavy atom. The number of sulfonamides is 1. The molecule has 166 valence electrons. The Balaban J connectivity index is 1.41. The number of amides is 2. The molecule has 1 saturated carbocycles. The van der Waals surface area contributed by atoms with Crippen molar-refractivity contribution in [2.45, 2.75) is 68.7 Å². The fourth-order valence-electron chi connectivity index (χ4n) is 4.83. The van der Waals surface area contributed by atoms with Crippen molar-refractivity contribution in [1.29, 1.82) is 0 Å². The minimum Gasteiger partial charge on any atom is -0.356 e. The van der Waals surface area contributed by atoms with Gasteiger partial charge >= 0.3 is 0 Å². The summed E-state index contributed by atoms with van der Waals surface area (Å²) in [6.45, 7) is 2.02. The number of aromatic nitrogens is 1. The third-order valence-electron chi connectivity index (χ3n) is 6.62. The van der Waals surface area contributed by atoms with Crippen LogP contribution in [0.3, 0.4) is 0 Å². The summed E-state index contributed by atoms with van der Waals surface area (Å²) in [6.07, 6.45) is 10.2. The highest BCUT2D eigenvalue weighted by molar-refractivity contribution is 7.89. The molecule has 0 aromatic carbocycles. The normalized spacial score (nSPS) is 24.1. The van der Waals surface area contributed by atoms with Gasteiger partial charge in [0, 0.05) is 38.4 Å². The molecule has 1 unspecified atom stereocenters. The molecular formula is C21H32N4O4S. The molecule has 3 heterocycles. The van der Waals surface area contributed by atoms with Crippen LogP contribution in [0.1, 0.15) is 68.3 Å². The molecule has 1 aromatic rings. The topological polar surface area (TPSA) is 103 Å². The van der Waals surface area contributed by atoms with Gasteiger partial charge in [0.05, 0.1) is 5.92 Å². The predicted octanol–water partition coefficient (Wildman–Crippen LogP) is 2.10. The first-order chi connectivity index (χ1) is 14.4. The van der Waals surface area contributed by atoms with E-state index in [2.05, 4.69) is 10.3 Å². The van der Waals surface area contributed by atoms with E-state index in [0.29, 0.717) is 38.2 Å². The summed E-state index contributed by atoms with van der Waals surface area (Å²) in [5.41, 5.74) is 0.305. The maximum absolute atomic E-state index is 13.2. The van der Waals surface area contributed by atoms with Crippen LogP contribution in [0.2, 0.25) is 0 Å². The minimum absolute atomic E-state index is 0.0271. The van der Waals surface area contributed by atoms with E-state index in [1.54, 1.807) is 4.90 Å². The van der Waals surface area contributed by atoms with Crippen molar-refractivity contribution >= 4 is 21.8 Å². The van der Waals surface area contributed by atoms with Crippen LogP contribution >= 0.6 is 0 Å². The van der Waals surface area contributed by atoms with Gasteiger partial charge in [-0.15, -0.1) is 0 Å². The van der Waals surface area contributed by atoms with Crippen molar-refractivity contribution in [3.05, 3.63) is 18.0 Å². The van der Waals surface area contributed by atoms with Crippen molar-refractivity contribution < 1.29 is 18.0 Å². The molecular weight excluding hydrogens is 404 g/mol. The second-order valence-corrected chi connectivity index (χ2v) is 10.7. The zero-order valence-electron chi connectivity index (χ0n) is 17.4. The summed E-state index contributed by atoms with van der Waals surface area (Å²) in [4.78, 5) is 29.9. The van der Waals surface area contributed by atoms with E-state index in [0.717, 1.165) is 38.5 Å². The standard InChI is InChI=1S/C21H32N4O4S/c26-20(23-17-8-2-1-3-9-17)16-7-6-12-25(15-16)30(28,29)18-13-19(22-14-18)21(27)24-10-4-5-11-24/h13-14,16-17,22H,1-12,15H2,(H,23,26). The van der Waals surface area contributed by atoms with E-state index in [1.807, 2.05) is 0 Å². The number of hydrogen-bond acceptors (Lipinski definition) is 4. The molecule has 2 N–H and O–H groups in total. The van der Waals surface area contributed by atoms with E-state index in [-0.39, 0.29) is 35.2 Å². The van der Waals surface area contributed by atoms with Crippen molar-refractivity contribution in [2.75, 3.05) is 26.2 Å². The first kappa shape index (κ1) is 21.4. The molecule has 9 heteroatoms. The zero-order valence-corrected chi connectivity index (χ0v) is 18.3. The van der Waals surface area contributed by atoms with Gasteiger partial charge in [0.1, 0.15) is 10.6 Å². The van der Waals surface area contributed by atoms with Crippen molar-refractivity contribution in [2.24, 2.45) is 5.92 Å². The quantitative estimate of drug-likeness (QED) is 0.738. The molecule has 0 radical (unpaired) electrons. The number of likely N-dealkylation sites (tertiary alicyclic amines) is 1. The molecule has 0 bridgehead atoms. The average molecular weight is 437 g/mol. The van der Waals surface area contributed by atoms with Gasteiger partial charge in [-0.2, -0.15) is 4.31 Å². The van der Waals surface area contributed by atoms with Crippen molar-refractivity contribution in [3.63, 3.8) is 0 Å². The lowest BCUT2D eigenvalue weighted by molar-refractivity contribution is -0.127. The van der Waals surface area contributed by atoms with Crippen molar-refractivity contribution in [1.82, 2.24) is 19.5 Å². The summed E-state index contributed by atoms with van der Waals surface area (Å²) in [5.74, 6) is -0.502. The lowest BCUT2D eigenvalue weighted by Gasteiger charge is -2.32. The molecule has 2 saturated heterocycles. The first-order valence-electron chi connectivity index (χ1n) is 11.2. The van der Waals surface area contributed by atoms with Crippen molar-refractivity contribution in [3.8, 4) is 0 Å². The second-order valence-electron chi connectivity index (χ2n) is 8.79. The fourth-order valence-corrected chi connectivity index (χ4v) is 6.35. The minimum atomic E-state index is -3.75. The first-order valence-corrected chi connectivity index (χ1v) is 12.7. The SMILES string of the molecule is O=C(NC1CCCCC1)C1CCCN(S(=O)(=O)c2c[nH]c(C(=O)N3CCCC3)c2)C1. The van der Waals surface area contributed by atoms with E-state index in [9.17, 15) is 18.0 Å². The Morgan fingerprint density at radius 1 is 0.967 bits per heavy atom. The zero-order chi connectivity index (χ0) is 21.1. The van der Waals surface area contributed by atoms with E-state index in [1.165, 1.54) is 23.0 Å². The number of carbonyl (C=O) groups is 2. The Morgan fingerprint density at radius 3 is 2.43 bits per heavy atom. The maximum Gasteiger partial charge on any atom is 0.270 e. The van der Waals surface area contributed by atoms with Crippen LogP contribution in [0.4, 0.5) is 0 Å². The van der Waals surface area contributed by atoms with Crippen LogP contribution in [-0.2, 0) is 14.8 Å². The average Bonchev–Trinajstić information content (AvgIpc) is 3.47. The number of hydrogen-bond donors (Lipinski definition) is 2. The number of rotatable bonds is 5. The Labute approximate surface area is 178 Å². The van der Waals surface area contributed by atoms with Gasteiger partial charge in [0.15, 0.2) is 0 Å².